The molecule has 1 fully saturated rings. The number of anilines is 2. The zero-order valence-corrected chi connectivity index (χ0v) is 21.8. The highest BCUT2D eigenvalue weighted by Crippen LogP contribution is 2.30. The van der Waals surface area contributed by atoms with Crippen LogP contribution >= 0.6 is 0 Å². The van der Waals surface area contributed by atoms with E-state index in [-0.39, 0.29) is 6.54 Å². The number of aromatic nitrogens is 3. The Hall–Kier alpha value is -3.65. The van der Waals surface area contributed by atoms with Gasteiger partial charge in [0.15, 0.2) is 5.82 Å². The van der Waals surface area contributed by atoms with Gasteiger partial charge < -0.3 is 25.2 Å². The zero-order valence-electron chi connectivity index (χ0n) is 21.8. The van der Waals surface area contributed by atoms with Crippen LogP contribution in [0.1, 0.15) is 45.0 Å². The van der Waals surface area contributed by atoms with E-state index in [2.05, 4.69) is 32.9 Å². The predicted octanol–water partition coefficient (Wildman–Crippen LogP) is 3.77. The molecular weight excluding hydrogens is 487 g/mol. The van der Waals surface area contributed by atoms with Gasteiger partial charge in [-0.05, 0) is 57.4 Å². The van der Waals surface area contributed by atoms with Crippen molar-refractivity contribution in [2.24, 2.45) is 0 Å². The Kier molecular flexibility index (Phi) is 8.21. The third kappa shape index (κ3) is 6.42. The van der Waals surface area contributed by atoms with Gasteiger partial charge in [0, 0.05) is 23.5 Å². The number of piperidine rings is 1. The summed E-state index contributed by atoms with van der Waals surface area (Å²) in [5, 5.41) is 32.9. The lowest BCUT2D eigenvalue weighted by atomic mass is 9.96. The van der Waals surface area contributed by atoms with Crippen LogP contribution in [0.3, 0.4) is 0 Å². The number of rotatable bonds is 8. The van der Waals surface area contributed by atoms with Gasteiger partial charge in [0.25, 0.3) is 0 Å². The molecule has 1 aliphatic heterocycles. The number of hydrogen-bond donors (Lipinski definition) is 3. The molecule has 1 saturated heterocycles. The van der Waals surface area contributed by atoms with Crippen LogP contribution in [0.25, 0.3) is 5.57 Å². The molecule has 1 aliphatic carbocycles. The van der Waals surface area contributed by atoms with Crippen LogP contribution in [0.15, 0.2) is 60.6 Å². The number of likely N-dealkylation sites (tertiary alicyclic amines) is 1. The van der Waals surface area contributed by atoms with Crippen molar-refractivity contribution in [1.29, 1.82) is 5.26 Å². The molecule has 10 heteroatoms. The van der Waals surface area contributed by atoms with Crippen molar-refractivity contribution >= 4 is 17.2 Å². The first-order chi connectivity index (χ1) is 18.0. The molecule has 1 aromatic heterocycles. The molecule has 1 aromatic carbocycles. The molecule has 9 nitrogen and oxygen atoms in total. The summed E-state index contributed by atoms with van der Waals surface area (Å²) >= 11 is 0. The number of halogens is 1. The van der Waals surface area contributed by atoms with Gasteiger partial charge in [-0.3, -0.25) is 0 Å². The van der Waals surface area contributed by atoms with Crippen molar-refractivity contribution in [3.63, 3.8) is 0 Å². The maximum absolute atomic E-state index is 14.9. The number of nitrogens with one attached hydrogen (secondary N) is 1. The quantitative estimate of drug-likeness (QED) is 0.477. The minimum atomic E-state index is -1.27. The molecule has 0 bridgehead atoms. The van der Waals surface area contributed by atoms with E-state index in [9.17, 15) is 19.9 Å². The van der Waals surface area contributed by atoms with Crippen molar-refractivity contribution in [2.45, 2.75) is 63.7 Å². The molecule has 4 rings (SSSR count). The van der Waals surface area contributed by atoms with E-state index in [0.717, 1.165) is 5.56 Å². The average Bonchev–Trinajstić information content (AvgIpc) is 2.89. The molecule has 2 aliphatic rings. The molecule has 2 aromatic rings. The molecule has 0 saturated carbocycles. The summed E-state index contributed by atoms with van der Waals surface area (Å²) in [5.41, 5.74) is 1.98. The molecule has 1 unspecified atom stereocenters. The SMILES string of the molecule is C=C([C@H](C)O)N1CC[C@H](OC2CC=C(c3ncnc(Nc4cccc(C(C)(C)O)c4)n3)C=C2C#N)[C@H](F)C1. The summed E-state index contributed by atoms with van der Waals surface area (Å²) in [4.78, 5) is 14.7. The average molecular weight is 521 g/mol. The summed E-state index contributed by atoms with van der Waals surface area (Å²) in [5.74, 6) is 0.709. The van der Waals surface area contributed by atoms with Crippen molar-refractivity contribution in [2.75, 3.05) is 18.4 Å². The third-order valence-corrected chi connectivity index (χ3v) is 6.70. The van der Waals surface area contributed by atoms with Gasteiger partial charge >= 0.3 is 0 Å². The fourth-order valence-corrected chi connectivity index (χ4v) is 4.44. The van der Waals surface area contributed by atoms with Gasteiger partial charge in [-0.1, -0.05) is 24.8 Å². The van der Waals surface area contributed by atoms with Crippen molar-refractivity contribution in [1.82, 2.24) is 19.9 Å². The number of ether oxygens (including phenoxy) is 1. The molecule has 0 amide bonds. The lowest BCUT2D eigenvalue weighted by Crippen LogP contribution is -2.47. The molecule has 0 spiro atoms. The maximum Gasteiger partial charge on any atom is 0.230 e. The monoisotopic (exact) mass is 520 g/mol. The summed E-state index contributed by atoms with van der Waals surface area (Å²) in [6.07, 6.45) is 2.50. The van der Waals surface area contributed by atoms with E-state index in [4.69, 9.17) is 4.74 Å². The summed E-state index contributed by atoms with van der Waals surface area (Å²) in [6, 6.07) is 9.51. The topological polar surface area (TPSA) is 127 Å². The van der Waals surface area contributed by atoms with Crippen LogP contribution in [0.5, 0.6) is 0 Å². The highest BCUT2D eigenvalue weighted by atomic mass is 19.1. The van der Waals surface area contributed by atoms with E-state index in [1.54, 1.807) is 31.7 Å². The Bertz CT molecular complexity index is 1280. The largest absolute Gasteiger partial charge is 0.387 e. The first-order valence-electron chi connectivity index (χ1n) is 12.6. The summed E-state index contributed by atoms with van der Waals surface area (Å²) in [6.45, 7) is 9.48. The third-order valence-electron chi connectivity index (χ3n) is 6.70. The standard InChI is InChI=1S/C28H33FN6O3/c1-17(18(2)36)35-11-10-25(23(29)15-35)38-24-9-8-19(12-20(24)14-30)26-31-16-32-27(34-26)33-22-7-5-6-21(13-22)28(3,4)37/h5-8,12-13,16,18,23-25,36-37H,1,9-11,15H2,2-4H3,(H,31,32,33,34)/t18-,23+,24?,25-/m0/s1. The van der Waals surface area contributed by atoms with Crippen LogP contribution in [0.4, 0.5) is 16.0 Å². The Morgan fingerprint density at radius 1 is 1.37 bits per heavy atom. The minimum Gasteiger partial charge on any atom is -0.387 e. The minimum absolute atomic E-state index is 0.0904. The van der Waals surface area contributed by atoms with Gasteiger partial charge in [-0.2, -0.15) is 10.2 Å². The molecule has 4 atom stereocenters. The first kappa shape index (κ1) is 27.4. The van der Waals surface area contributed by atoms with Crippen molar-refractivity contribution in [3.05, 3.63) is 72.0 Å². The second kappa shape index (κ2) is 11.4. The Morgan fingerprint density at radius 2 is 2.16 bits per heavy atom. The number of aliphatic hydroxyl groups excluding tert-OH is 1. The van der Waals surface area contributed by atoms with Gasteiger partial charge in [-0.25, -0.2) is 14.4 Å². The van der Waals surface area contributed by atoms with E-state index in [1.165, 1.54) is 6.33 Å². The molecule has 38 heavy (non-hydrogen) atoms. The van der Waals surface area contributed by atoms with Crippen LogP contribution in [0, 0.1) is 11.3 Å². The van der Waals surface area contributed by atoms with E-state index in [1.807, 2.05) is 30.3 Å². The molecule has 3 N–H and O–H groups in total. The number of nitriles is 1. The first-order valence-corrected chi connectivity index (χ1v) is 12.6. The lowest BCUT2D eigenvalue weighted by Gasteiger charge is -2.39. The van der Waals surface area contributed by atoms with E-state index in [0.29, 0.717) is 53.7 Å². The van der Waals surface area contributed by atoms with Crippen LogP contribution in [-0.4, -0.2) is 67.6 Å². The van der Waals surface area contributed by atoms with Crippen LogP contribution in [-0.2, 0) is 10.3 Å². The second-order valence-electron chi connectivity index (χ2n) is 10.1. The lowest BCUT2D eigenvalue weighted by molar-refractivity contribution is -0.0670. The number of allylic oxidation sites excluding steroid dienone is 2. The number of aliphatic hydroxyl groups is 2. The molecule has 2 heterocycles. The zero-order chi connectivity index (χ0) is 27.4. The number of alkyl halides is 1. The molecule has 0 radical (unpaired) electrons. The molecular formula is C28H33FN6O3. The van der Waals surface area contributed by atoms with Crippen LogP contribution < -0.4 is 5.32 Å². The van der Waals surface area contributed by atoms with E-state index < -0.39 is 30.1 Å². The fourth-order valence-electron chi connectivity index (χ4n) is 4.44. The summed E-state index contributed by atoms with van der Waals surface area (Å²) < 4.78 is 21.0. The summed E-state index contributed by atoms with van der Waals surface area (Å²) in [7, 11) is 0. The molecule has 200 valence electrons. The highest BCUT2D eigenvalue weighted by molar-refractivity contribution is 5.73. The van der Waals surface area contributed by atoms with E-state index >= 15 is 0 Å². The highest BCUT2D eigenvalue weighted by Gasteiger charge is 2.34. The normalized spacial score (nSPS) is 22.7. The number of nitrogens with zero attached hydrogens (tertiary/aromatic N) is 5. The Balaban J connectivity index is 1.43. The van der Waals surface area contributed by atoms with Gasteiger partial charge in [-0.15, -0.1) is 0 Å². The maximum atomic E-state index is 14.9. The van der Waals surface area contributed by atoms with Crippen molar-refractivity contribution in [3.8, 4) is 6.07 Å². The second-order valence-corrected chi connectivity index (χ2v) is 10.1. The Morgan fingerprint density at radius 3 is 2.84 bits per heavy atom. The van der Waals surface area contributed by atoms with Gasteiger partial charge in [0.1, 0.15) is 12.5 Å². The Labute approximate surface area is 222 Å². The van der Waals surface area contributed by atoms with Crippen molar-refractivity contribution < 1.29 is 19.3 Å². The van der Waals surface area contributed by atoms with Gasteiger partial charge in [0.05, 0.1) is 42.1 Å². The predicted molar refractivity (Wildman–Crippen MR) is 142 cm³/mol. The van der Waals surface area contributed by atoms with Crippen LogP contribution in [0.2, 0.25) is 0 Å². The number of benzene rings is 1. The van der Waals surface area contributed by atoms with Gasteiger partial charge in [0.2, 0.25) is 5.95 Å². The smallest absolute Gasteiger partial charge is 0.230 e. The fraction of sp³-hybridized carbons (Fsp3) is 0.429. The number of hydrogen-bond acceptors (Lipinski definition) is 9.